The van der Waals surface area contributed by atoms with Gasteiger partial charge in [-0.1, -0.05) is 64.1 Å². The van der Waals surface area contributed by atoms with Gasteiger partial charge in [-0.15, -0.1) is 0 Å². The van der Waals surface area contributed by atoms with Gasteiger partial charge in [0.1, 0.15) is 0 Å². The number of fused-ring (bicyclic) bond motifs is 2. The fourth-order valence-corrected chi connectivity index (χ4v) is 3.47. The van der Waals surface area contributed by atoms with E-state index in [1.807, 2.05) is 0 Å². The molecule has 0 bridgehead atoms. The van der Waals surface area contributed by atoms with Crippen LogP contribution in [0.2, 0.25) is 0 Å². The molecule has 1 atom stereocenters. The number of allylic oxidation sites excluding steroid dienone is 4. The Labute approximate surface area is 111 Å². The molecular formula is C15H15I. The maximum atomic E-state index is 2.53. The lowest BCUT2D eigenvalue weighted by Crippen LogP contribution is -2.10. The molecule has 2 aliphatic rings. The summed E-state index contributed by atoms with van der Waals surface area (Å²) >= 11 is 2.53. The predicted octanol–water partition coefficient (Wildman–Crippen LogP) is 4.46. The number of halogens is 1. The molecule has 0 spiro atoms. The first-order valence-electron chi connectivity index (χ1n) is 5.88. The molecule has 0 radical (unpaired) electrons. The minimum Gasteiger partial charge on any atom is -0.0777 e. The van der Waals surface area contributed by atoms with Gasteiger partial charge in [0.2, 0.25) is 0 Å². The molecule has 16 heavy (non-hydrogen) atoms. The van der Waals surface area contributed by atoms with Crippen molar-refractivity contribution in [1.82, 2.24) is 0 Å². The number of rotatable bonds is 0. The molecule has 0 nitrogen and oxygen atoms in total. The second-order valence-electron chi connectivity index (χ2n) is 4.76. The van der Waals surface area contributed by atoms with E-state index in [0.717, 1.165) is 0 Å². The summed E-state index contributed by atoms with van der Waals surface area (Å²) in [5.74, 6) is 0. The summed E-state index contributed by atoms with van der Waals surface area (Å²) in [7, 11) is 0. The maximum Gasteiger partial charge on any atom is 0.0330 e. The van der Waals surface area contributed by atoms with Crippen molar-refractivity contribution in [2.24, 2.45) is 0 Å². The molecular weight excluding hydrogens is 307 g/mol. The SMILES string of the molecule is Cc1ccc2c(c1)CCC1=C2C=CC(I)C1. The second kappa shape index (κ2) is 4.02. The molecule has 1 unspecified atom stereocenters. The van der Waals surface area contributed by atoms with Crippen LogP contribution in [0.5, 0.6) is 0 Å². The Morgan fingerprint density at radius 1 is 1.25 bits per heavy atom. The standard InChI is InChI=1S/C15H15I/c1-10-2-6-14-11(8-10)3-4-12-9-13(16)5-7-15(12)14/h2,5-8,13H,3-4,9H2,1H3. The molecule has 0 saturated carbocycles. The molecule has 1 heteroatoms. The van der Waals surface area contributed by atoms with Crippen LogP contribution in [0.3, 0.4) is 0 Å². The van der Waals surface area contributed by atoms with Crippen LogP contribution in [0, 0.1) is 6.92 Å². The smallest absolute Gasteiger partial charge is 0.0330 e. The Kier molecular flexibility index (Phi) is 2.66. The molecule has 3 rings (SSSR count). The average Bonchev–Trinajstić information content (AvgIpc) is 2.28. The van der Waals surface area contributed by atoms with Crippen molar-refractivity contribution >= 4 is 28.2 Å². The molecule has 1 aromatic carbocycles. The first-order chi connectivity index (χ1) is 7.74. The largest absolute Gasteiger partial charge is 0.0777 e. The lowest BCUT2D eigenvalue weighted by atomic mass is 9.81. The van der Waals surface area contributed by atoms with Crippen LogP contribution in [0.25, 0.3) is 5.57 Å². The van der Waals surface area contributed by atoms with Crippen LogP contribution in [0.4, 0.5) is 0 Å². The molecule has 82 valence electrons. The summed E-state index contributed by atoms with van der Waals surface area (Å²) < 4.78 is 0.698. The number of benzene rings is 1. The molecule has 0 aliphatic heterocycles. The third-order valence-corrected chi connectivity index (χ3v) is 4.40. The van der Waals surface area contributed by atoms with Crippen LogP contribution >= 0.6 is 22.6 Å². The summed E-state index contributed by atoms with van der Waals surface area (Å²) in [6.07, 6.45) is 8.42. The first-order valence-corrected chi connectivity index (χ1v) is 7.13. The Hall–Kier alpha value is -0.570. The van der Waals surface area contributed by atoms with Gasteiger partial charge in [-0.3, -0.25) is 0 Å². The fraction of sp³-hybridized carbons (Fsp3) is 0.333. The number of alkyl halides is 1. The van der Waals surface area contributed by atoms with Gasteiger partial charge in [0.25, 0.3) is 0 Å². The van der Waals surface area contributed by atoms with Crippen molar-refractivity contribution in [3.8, 4) is 0 Å². The minimum atomic E-state index is 0.698. The van der Waals surface area contributed by atoms with Crippen molar-refractivity contribution in [2.75, 3.05) is 0 Å². The first kappa shape index (κ1) is 10.6. The van der Waals surface area contributed by atoms with E-state index in [4.69, 9.17) is 0 Å². The van der Waals surface area contributed by atoms with Crippen LogP contribution in [-0.4, -0.2) is 3.92 Å². The van der Waals surface area contributed by atoms with Crippen molar-refractivity contribution in [3.05, 3.63) is 52.6 Å². The van der Waals surface area contributed by atoms with Crippen molar-refractivity contribution in [3.63, 3.8) is 0 Å². The molecule has 0 saturated heterocycles. The summed E-state index contributed by atoms with van der Waals surface area (Å²) in [5.41, 5.74) is 7.57. The van der Waals surface area contributed by atoms with E-state index < -0.39 is 0 Å². The lowest BCUT2D eigenvalue weighted by Gasteiger charge is -2.26. The lowest BCUT2D eigenvalue weighted by molar-refractivity contribution is 0.842. The van der Waals surface area contributed by atoms with Crippen molar-refractivity contribution < 1.29 is 0 Å². The van der Waals surface area contributed by atoms with Gasteiger partial charge < -0.3 is 0 Å². The van der Waals surface area contributed by atoms with E-state index in [1.54, 1.807) is 5.57 Å². The molecule has 1 aromatic rings. The van der Waals surface area contributed by atoms with Gasteiger partial charge in [0.15, 0.2) is 0 Å². The summed E-state index contributed by atoms with van der Waals surface area (Å²) in [6, 6.07) is 6.89. The molecule has 0 aromatic heterocycles. The summed E-state index contributed by atoms with van der Waals surface area (Å²) in [4.78, 5) is 0. The zero-order chi connectivity index (χ0) is 11.1. The quantitative estimate of drug-likeness (QED) is 0.489. The van der Waals surface area contributed by atoms with E-state index in [1.165, 1.54) is 41.5 Å². The molecule has 0 N–H and O–H groups in total. The van der Waals surface area contributed by atoms with Crippen LogP contribution in [0.1, 0.15) is 29.5 Å². The zero-order valence-electron chi connectivity index (χ0n) is 9.46. The van der Waals surface area contributed by atoms with Gasteiger partial charge in [0.05, 0.1) is 0 Å². The summed E-state index contributed by atoms with van der Waals surface area (Å²) in [5, 5.41) is 0. The van der Waals surface area contributed by atoms with Gasteiger partial charge in [-0.05, 0) is 42.9 Å². The molecule has 0 amide bonds. The van der Waals surface area contributed by atoms with E-state index in [0.29, 0.717) is 3.92 Å². The minimum absolute atomic E-state index is 0.698. The average molecular weight is 322 g/mol. The van der Waals surface area contributed by atoms with Gasteiger partial charge >= 0.3 is 0 Å². The number of hydrogen-bond donors (Lipinski definition) is 0. The maximum absolute atomic E-state index is 2.53. The van der Waals surface area contributed by atoms with Crippen molar-refractivity contribution in [2.45, 2.75) is 30.1 Å². The van der Waals surface area contributed by atoms with E-state index in [9.17, 15) is 0 Å². The molecule has 0 heterocycles. The van der Waals surface area contributed by atoms with Gasteiger partial charge in [-0.2, -0.15) is 0 Å². The third kappa shape index (κ3) is 1.75. The topological polar surface area (TPSA) is 0 Å². The Balaban J connectivity index is 2.11. The molecule has 2 aliphatic carbocycles. The van der Waals surface area contributed by atoms with E-state index in [2.05, 4.69) is 59.9 Å². The van der Waals surface area contributed by atoms with Crippen molar-refractivity contribution in [1.29, 1.82) is 0 Å². The van der Waals surface area contributed by atoms with E-state index >= 15 is 0 Å². The van der Waals surface area contributed by atoms with E-state index in [-0.39, 0.29) is 0 Å². The fourth-order valence-electron chi connectivity index (χ4n) is 2.73. The second-order valence-corrected chi connectivity index (χ2v) is 6.36. The normalized spacial score (nSPS) is 23.0. The highest BCUT2D eigenvalue weighted by Gasteiger charge is 2.21. The Morgan fingerprint density at radius 3 is 3.00 bits per heavy atom. The third-order valence-electron chi connectivity index (χ3n) is 3.54. The van der Waals surface area contributed by atoms with Gasteiger partial charge in [-0.25, -0.2) is 0 Å². The highest BCUT2D eigenvalue weighted by molar-refractivity contribution is 14.1. The Morgan fingerprint density at radius 2 is 2.12 bits per heavy atom. The zero-order valence-corrected chi connectivity index (χ0v) is 11.6. The van der Waals surface area contributed by atoms with Gasteiger partial charge in [0, 0.05) is 3.92 Å². The van der Waals surface area contributed by atoms with Crippen LogP contribution < -0.4 is 0 Å². The number of hydrogen-bond acceptors (Lipinski definition) is 0. The Bertz CT molecular complexity index is 494. The monoisotopic (exact) mass is 322 g/mol. The number of aryl methyl sites for hydroxylation is 2. The molecule has 0 fully saturated rings. The highest BCUT2D eigenvalue weighted by Crippen LogP contribution is 2.38. The summed E-state index contributed by atoms with van der Waals surface area (Å²) in [6.45, 7) is 2.18. The highest BCUT2D eigenvalue weighted by atomic mass is 127. The van der Waals surface area contributed by atoms with Crippen LogP contribution in [-0.2, 0) is 6.42 Å². The van der Waals surface area contributed by atoms with Crippen LogP contribution in [0.15, 0.2) is 35.9 Å². The predicted molar refractivity (Wildman–Crippen MR) is 78.0 cm³/mol.